The molecule has 0 N–H and O–H groups in total. The van der Waals surface area contributed by atoms with Crippen molar-refractivity contribution in [2.75, 3.05) is 0 Å². The number of hydrogen-bond donors (Lipinski definition) is 0. The molecule has 1 aliphatic rings. The highest BCUT2D eigenvalue weighted by molar-refractivity contribution is 7.83. The van der Waals surface area contributed by atoms with Gasteiger partial charge in [0.05, 0.1) is 5.69 Å². The third-order valence-electron chi connectivity index (χ3n) is 1.69. The van der Waals surface area contributed by atoms with Gasteiger partial charge < -0.3 is 0 Å². The van der Waals surface area contributed by atoms with Crippen LogP contribution in [0.25, 0.3) is 0 Å². The highest BCUT2D eigenvalue weighted by Crippen LogP contribution is 2.21. The number of benzene rings is 1. The van der Waals surface area contributed by atoms with Crippen molar-refractivity contribution in [1.82, 2.24) is 0 Å². The summed E-state index contributed by atoms with van der Waals surface area (Å²) in [7, 11) is 0. The third-order valence-corrected chi connectivity index (χ3v) is 1.98. The second-order valence-corrected chi connectivity index (χ2v) is 2.91. The smallest absolute Gasteiger partial charge is 0.207 e. The average molecular weight is 175 g/mol. The van der Waals surface area contributed by atoms with E-state index < -0.39 is 0 Å². The van der Waals surface area contributed by atoms with E-state index in [1.54, 1.807) is 18.2 Å². The van der Waals surface area contributed by atoms with Gasteiger partial charge in [-0.25, -0.2) is 0 Å². The van der Waals surface area contributed by atoms with Crippen molar-refractivity contribution in [3.05, 3.63) is 29.8 Å². The van der Waals surface area contributed by atoms with Gasteiger partial charge in [-0.15, -0.1) is 0 Å². The molecule has 0 bridgehead atoms. The van der Waals surface area contributed by atoms with E-state index in [2.05, 4.69) is 4.99 Å². The van der Waals surface area contributed by atoms with Gasteiger partial charge in [0.2, 0.25) is 5.78 Å². The number of hydrogen-bond acceptors (Lipinski definition) is 3. The zero-order valence-corrected chi connectivity index (χ0v) is 6.97. The first kappa shape index (κ1) is 7.31. The van der Waals surface area contributed by atoms with Crippen LogP contribution in [0.3, 0.4) is 0 Å². The Bertz CT molecular complexity index is 395. The molecule has 0 amide bonds. The number of ketones is 1. The molecule has 1 aromatic carbocycles. The number of carbonyl (C=O) groups is 1. The fraction of sp³-hybridized carbons (Fsp3) is 0. The lowest BCUT2D eigenvalue weighted by atomic mass is 10.0. The maximum atomic E-state index is 11.4. The van der Waals surface area contributed by atoms with E-state index in [1.807, 2.05) is 6.07 Å². The lowest BCUT2D eigenvalue weighted by Gasteiger charge is -2.07. The minimum absolute atomic E-state index is 0.101. The summed E-state index contributed by atoms with van der Waals surface area (Å²) in [6.07, 6.45) is 1.43. The topological polar surface area (TPSA) is 29.4 Å². The Morgan fingerprint density at radius 1 is 1.25 bits per heavy atom. The highest BCUT2D eigenvalue weighted by Gasteiger charge is 2.17. The quantitative estimate of drug-likeness (QED) is 0.564. The summed E-state index contributed by atoms with van der Waals surface area (Å²) >= 11 is 4.81. The van der Waals surface area contributed by atoms with Crippen LogP contribution in [0.5, 0.6) is 0 Å². The van der Waals surface area contributed by atoms with Gasteiger partial charge in [0.15, 0.2) is 0 Å². The summed E-state index contributed by atoms with van der Waals surface area (Å²) < 4.78 is 0. The van der Waals surface area contributed by atoms with Crippen molar-refractivity contribution < 1.29 is 4.79 Å². The molecule has 2 rings (SSSR count). The largest absolute Gasteiger partial charge is 0.288 e. The van der Waals surface area contributed by atoms with Crippen LogP contribution in [0.15, 0.2) is 29.3 Å². The molecule has 0 fully saturated rings. The predicted molar refractivity (Wildman–Crippen MR) is 51.5 cm³/mol. The lowest BCUT2D eigenvalue weighted by molar-refractivity contribution is 0.107. The van der Waals surface area contributed by atoms with Gasteiger partial charge in [-0.3, -0.25) is 9.79 Å². The predicted octanol–water partition coefficient (Wildman–Crippen LogP) is 1.96. The Hall–Kier alpha value is -1.35. The van der Waals surface area contributed by atoms with Crippen molar-refractivity contribution >= 4 is 34.8 Å². The van der Waals surface area contributed by atoms with Crippen molar-refractivity contribution in [2.45, 2.75) is 0 Å². The van der Waals surface area contributed by atoms with Gasteiger partial charge in [0.25, 0.3) is 0 Å². The number of Topliss-reactive ketones (excluding diaryl/α,β-unsaturated/α-hetero) is 1. The molecule has 0 atom stereocenters. The lowest BCUT2D eigenvalue weighted by Crippen LogP contribution is -2.16. The minimum atomic E-state index is -0.101. The molecule has 0 aliphatic carbocycles. The number of fused-ring (bicyclic) bond motifs is 1. The van der Waals surface area contributed by atoms with Gasteiger partial charge in [-0.05, 0) is 12.1 Å². The molecule has 0 radical (unpaired) electrons. The molecule has 3 heteroatoms. The van der Waals surface area contributed by atoms with E-state index >= 15 is 0 Å². The van der Waals surface area contributed by atoms with Crippen LogP contribution in [0.1, 0.15) is 10.4 Å². The molecule has 2 nitrogen and oxygen atoms in total. The summed E-state index contributed by atoms with van der Waals surface area (Å²) in [5.41, 5.74) is 1.31. The van der Waals surface area contributed by atoms with Crippen molar-refractivity contribution in [2.24, 2.45) is 4.99 Å². The van der Waals surface area contributed by atoms with Crippen LogP contribution in [-0.4, -0.2) is 16.9 Å². The second kappa shape index (κ2) is 2.60. The maximum absolute atomic E-state index is 11.4. The molecule has 0 spiro atoms. The monoisotopic (exact) mass is 175 g/mol. The standard InChI is InChI=1S/C9H5NOS/c11-9-6-3-1-2-4-7(6)10-5-8(9)12/h1-5H. The van der Waals surface area contributed by atoms with E-state index in [-0.39, 0.29) is 10.6 Å². The molecular formula is C9H5NOS. The Morgan fingerprint density at radius 3 is 2.83 bits per heavy atom. The number of nitrogens with zero attached hydrogens (tertiary/aromatic N) is 1. The van der Waals surface area contributed by atoms with Crippen LogP contribution in [-0.2, 0) is 0 Å². The van der Waals surface area contributed by atoms with E-state index in [1.165, 1.54) is 6.21 Å². The summed E-state index contributed by atoms with van der Waals surface area (Å²) in [6.45, 7) is 0. The molecule has 0 unspecified atom stereocenters. The first-order chi connectivity index (χ1) is 5.79. The summed E-state index contributed by atoms with van der Waals surface area (Å²) in [4.78, 5) is 15.7. The van der Waals surface area contributed by atoms with Gasteiger partial charge in [0.1, 0.15) is 4.86 Å². The Labute approximate surface area is 74.9 Å². The number of rotatable bonds is 0. The van der Waals surface area contributed by atoms with Crippen molar-refractivity contribution in [1.29, 1.82) is 0 Å². The fourth-order valence-corrected chi connectivity index (χ4v) is 1.26. The maximum Gasteiger partial charge on any atom is 0.207 e. The number of para-hydroxylation sites is 1. The third kappa shape index (κ3) is 0.987. The molecule has 0 aromatic heterocycles. The summed E-state index contributed by atoms with van der Waals surface area (Å²) in [5.74, 6) is -0.101. The first-order valence-corrected chi connectivity index (χ1v) is 3.91. The van der Waals surface area contributed by atoms with Gasteiger partial charge in [-0.1, -0.05) is 24.4 Å². The van der Waals surface area contributed by atoms with E-state index in [0.717, 1.165) is 0 Å². The summed E-state index contributed by atoms with van der Waals surface area (Å²) in [5, 5.41) is 0. The normalized spacial score (nSPS) is 14.7. The van der Waals surface area contributed by atoms with Crippen molar-refractivity contribution in [3.63, 3.8) is 0 Å². The van der Waals surface area contributed by atoms with Gasteiger partial charge in [-0.2, -0.15) is 0 Å². The number of carbonyl (C=O) groups excluding carboxylic acids is 1. The molecule has 0 saturated carbocycles. The van der Waals surface area contributed by atoms with Crippen LogP contribution in [0, 0.1) is 0 Å². The zero-order valence-electron chi connectivity index (χ0n) is 6.15. The number of aliphatic imine (C=N–C) groups is 1. The Kier molecular flexibility index (Phi) is 1.59. The Morgan fingerprint density at radius 2 is 2.00 bits per heavy atom. The average Bonchev–Trinajstić information content (AvgIpc) is 2.12. The van der Waals surface area contributed by atoms with Crippen LogP contribution in [0.4, 0.5) is 5.69 Å². The van der Waals surface area contributed by atoms with Crippen LogP contribution < -0.4 is 0 Å². The minimum Gasteiger partial charge on any atom is -0.288 e. The molecule has 1 aliphatic heterocycles. The van der Waals surface area contributed by atoms with E-state index in [4.69, 9.17) is 12.2 Å². The van der Waals surface area contributed by atoms with E-state index in [0.29, 0.717) is 11.3 Å². The Balaban J connectivity index is 2.67. The van der Waals surface area contributed by atoms with Crippen molar-refractivity contribution in [3.8, 4) is 0 Å². The zero-order chi connectivity index (χ0) is 8.55. The SMILES string of the molecule is O=C1C(=S)C=Nc2ccccc21. The molecule has 58 valence electrons. The molecule has 1 aromatic rings. The van der Waals surface area contributed by atoms with E-state index in [9.17, 15) is 4.79 Å². The molecule has 0 saturated heterocycles. The van der Waals surface area contributed by atoms with Crippen LogP contribution >= 0.6 is 12.2 Å². The van der Waals surface area contributed by atoms with Crippen LogP contribution in [0.2, 0.25) is 0 Å². The molecular weight excluding hydrogens is 170 g/mol. The fourth-order valence-electron chi connectivity index (χ4n) is 1.10. The van der Waals surface area contributed by atoms with Gasteiger partial charge in [0, 0.05) is 11.8 Å². The number of thiocarbonyl (C=S) groups is 1. The molecule has 1 heterocycles. The van der Waals surface area contributed by atoms with Gasteiger partial charge >= 0.3 is 0 Å². The summed E-state index contributed by atoms with van der Waals surface area (Å²) in [6, 6.07) is 7.18. The first-order valence-electron chi connectivity index (χ1n) is 3.51. The molecule has 12 heavy (non-hydrogen) atoms. The highest BCUT2D eigenvalue weighted by atomic mass is 32.1. The second-order valence-electron chi connectivity index (χ2n) is 2.47.